The van der Waals surface area contributed by atoms with Crippen LogP contribution in [0.25, 0.3) is 0 Å². The number of ether oxygens (including phenoxy) is 2. The van der Waals surface area contributed by atoms with Gasteiger partial charge in [-0.2, -0.15) is 0 Å². The molecule has 1 atom stereocenters. The number of esters is 1. The first kappa shape index (κ1) is 21.1. The van der Waals surface area contributed by atoms with Crippen LogP contribution in [0.15, 0.2) is 71.1 Å². The monoisotopic (exact) mass is 411 g/mol. The van der Waals surface area contributed by atoms with Gasteiger partial charge in [-0.3, -0.25) is 0 Å². The number of methoxy groups -OCH3 is 1. The van der Waals surface area contributed by atoms with Crippen molar-refractivity contribution in [3.63, 3.8) is 0 Å². The third-order valence-electron chi connectivity index (χ3n) is 4.93. The maximum absolute atomic E-state index is 13.1. The van der Waals surface area contributed by atoms with Crippen molar-refractivity contribution in [2.75, 3.05) is 7.11 Å². The number of hydrogen-bond acceptors (Lipinski definition) is 5. The van der Waals surface area contributed by atoms with Gasteiger partial charge >= 0.3 is 11.9 Å². The van der Waals surface area contributed by atoms with Crippen LogP contribution in [0.1, 0.15) is 30.9 Å². The molecule has 0 saturated carbocycles. The standard InChI is InChI=1S/C23H22FNO5/c1-13-19(22(26)27)21(20(14(2)25-13)23(28)29-3)17-6-4-5-7-18(17)30-12-15-8-10-16(24)11-9-15/h4-11,21,25H,12H2,1-3H3,(H,26,27). The number of carbonyl (C=O) groups is 2. The molecule has 2 aromatic carbocycles. The van der Waals surface area contributed by atoms with Gasteiger partial charge in [-0.1, -0.05) is 30.3 Å². The largest absolute Gasteiger partial charge is 0.489 e. The van der Waals surface area contributed by atoms with Crippen molar-refractivity contribution in [3.05, 3.63) is 88.0 Å². The highest BCUT2D eigenvalue weighted by molar-refractivity contribution is 5.99. The van der Waals surface area contributed by atoms with E-state index in [4.69, 9.17) is 9.47 Å². The molecule has 1 aliphatic rings. The quantitative estimate of drug-likeness (QED) is 0.702. The van der Waals surface area contributed by atoms with E-state index in [0.29, 0.717) is 22.7 Å². The van der Waals surface area contributed by atoms with E-state index in [2.05, 4.69) is 5.32 Å². The average Bonchev–Trinajstić information content (AvgIpc) is 2.72. The molecule has 7 heteroatoms. The first-order valence-electron chi connectivity index (χ1n) is 9.29. The molecule has 6 nitrogen and oxygen atoms in total. The van der Waals surface area contributed by atoms with E-state index >= 15 is 0 Å². The van der Waals surface area contributed by atoms with E-state index in [1.807, 2.05) is 0 Å². The molecule has 156 valence electrons. The molecule has 3 rings (SSSR count). The van der Waals surface area contributed by atoms with Crippen molar-refractivity contribution in [3.8, 4) is 5.75 Å². The zero-order valence-corrected chi connectivity index (χ0v) is 16.9. The van der Waals surface area contributed by atoms with Crippen LogP contribution in [0.3, 0.4) is 0 Å². The SMILES string of the molecule is COC(=O)C1=C(C)NC(C)=C(C(=O)O)C1c1ccccc1OCc1ccc(F)cc1. The van der Waals surface area contributed by atoms with Crippen LogP contribution in [0.4, 0.5) is 4.39 Å². The van der Waals surface area contributed by atoms with Crippen LogP contribution in [-0.2, 0) is 20.9 Å². The van der Waals surface area contributed by atoms with Gasteiger partial charge in [0.05, 0.1) is 24.2 Å². The molecule has 0 amide bonds. The highest BCUT2D eigenvalue weighted by Gasteiger charge is 2.38. The Morgan fingerprint density at radius 2 is 1.67 bits per heavy atom. The first-order chi connectivity index (χ1) is 14.3. The second-order valence-corrected chi connectivity index (χ2v) is 6.89. The van der Waals surface area contributed by atoms with Gasteiger partial charge in [-0.15, -0.1) is 0 Å². The molecule has 2 aromatic rings. The summed E-state index contributed by atoms with van der Waals surface area (Å²) in [6.45, 7) is 3.50. The Morgan fingerprint density at radius 3 is 2.30 bits per heavy atom. The number of hydrogen-bond donors (Lipinski definition) is 2. The summed E-state index contributed by atoms with van der Waals surface area (Å²) in [5.41, 5.74) is 2.48. The summed E-state index contributed by atoms with van der Waals surface area (Å²) in [6.07, 6.45) is 0. The minimum Gasteiger partial charge on any atom is -0.489 e. The molecular weight excluding hydrogens is 389 g/mol. The normalized spacial score (nSPS) is 16.2. The zero-order chi connectivity index (χ0) is 21.8. The maximum Gasteiger partial charge on any atom is 0.336 e. The minimum atomic E-state index is -1.15. The lowest BCUT2D eigenvalue weighted by Crippen LogP contribution is -2.31. The molecule has 30 heavy (non-hydrogen) atoms. The van der Waals surface area contributed by atoms with E-state index in [9.17, 15) is 19.1 Å². The van der Waals surface area contributed by atoms with E-state index in [-0.39, 0.29) is 23.6 Å². The van der Waals surface area contributed by atoms with Gasteiger partial charge < -0.3 is 19.9 Å². The van der Waals surface area contributed by atoms with Gasteiger partial charge in [0.1, 0.15) is 18.2 Å². The topological polar surface area (TPSA) is 84.9 Å². The highest BCUT2D eigenvalue weighted by Crippen LogP contribution is 2.42. The molecule has 0 saturated heterocycles. The summed E-state index contributed by atoms with van der Waals surface area (Å²) < 4.78 is 24.0. The van der Waals surface area contributed by atoms with Crippen molar-refractivity contribution in [2.45, 2.75) is 26.4 Å². The predicted molar refractivity (Wildman–Crippen MR) is 108 cm³/mol. The average molecular weight is 411 g/mol. The van der Waals surface area contributed by atoms with E-state index in [0.717, 1.165) is 5.56 Å². The second kappa shape index (κ2) is 8.82. The van der Waals surface area contributed by atoms with Gasteiger partial charge in [0.25, 0.3) is 0 Å². The van der Waals surface area contributed by atoms with Crippen LogP contribution >= 0.6 is 0 Å². The van der Waals surface area contributed by atoms with Crippen molar-refractivity contribution >= 4 is 11.9 Å². The number of rotatable bonds is 6. The van der Waals surface area contributed by atoms with Crippen LogP contribution in [-0.4, -0.2) is 24.2 Å². The number of allylic oxidation sites excluding steroid dienone is 2. The lowest BCUT2D eigenvalue weighted by atomic mass is 9.80. The Hall–Kier alpha value is -3.61. The van der Waals surface area contributed by atoms with Crippen molar-refractivity contribution in [1.29, 1.82) is 0 Å². The van der Waals surface area contributed by atoms with E-state index in [1.54, 1.807) is 50.2 Å². The molecule has 0 aromatic heterocycles. The Bertz CT molecular complexity index is 1040. The molecule has 1 unspecified atom stereocenters. The number of carboxylic acids is 1. The summed E-state index contributed by atoms with van der Waals surface area (Å²) in [5.74, 6) is -2.56. The third kappa shape index (κ3) is 4.20. The van der Waals surface area contributed by atoms with Crippen LogP contribution in [0, 0.1) is 5.82 Å². The molecule has 0 radical (unpaired) electrons. The Kier molecular flexibility index (Phi) is 6.20. The maximum atomic E-state index is 13.1. The number of carboxylic acid groups (broad SMARTS) is 1. The van der Waals surface area contributed by atoms with Crippen LogP contribution < -0.4 is 10.1 Å². The number of carbonyl (C=O) groups excluding carboxylic acids is 1. The fraction of sp³-hybridized carbons (Fsp3) is 0.217. The highest BCUT2D eigenvalue weighted by atomic mass is 19.1. The molecule has 0 bridgehead atoms. The van der Waals surface area contributed by atoms with Crippen molar-refractivity contribution < 1.29 is 28.6 Å². The molecule has 0 fully saturated rings. The third-order valence-corrected chi connectivity index (χ3v) is 4.93. The number of benzene rings is 2. The smallest absolute Gasteiger partial charge is 0.336 e. The van der Waals surface area contributed by atoms with Gasteiger partial charge in [-0.05, 0) is 37.6 Å². The number of halogens is 1. The summed E-state index contributed by atoms with van der Waals surface area (Å²) >= 11 is 0. The first-order valence-corrected chi connectivity index (χ1v) is 9.29. The minimum absolute atomic E-state index is 0.0406. The predicted octanol–water partition coefficient (Wildman–Crippen LogP) is 3.90. The molecule has 0 aliphatic carbocycles. The summed E-state index contributed by atoms with van der Waals surface area (Å²) in [4.78, 5) is 24.6. The van der Waals surface area contributed by atoms with Gasteiger partial charge in [0.15, 0.2) is 0 Å². The second-order valence-electron chi connectivity index (χ2n) is 6.89. The van der Waals surface area contributed by atoms with Gasteiger partial charge in [-0.25, -0.2) is 14.0 Å². The molecule has 1 heterocycles. The van der Waals surface area contributed by atoms with Gasteiger partial charge in [0.2, 0.25) is 0 Å². The van der Waals surface area contributed by atoms with E-state index < -0.39 is 17.9 Å². The molecule has 0 spiro atoms. The lowest BCUT2D eigenvalue weighted by Gasteiger charge is -2.30. The van der Waals surface area contributed by atoms with Crippen molar-refractivity contribution in [2.24, 2.45) is 0 Å². The number of nitrogens with one attached hydrogen (secondary N) is 1. The lowest BCUT2D eigenvalue weighted by molar-refractivity contribution is -0.136. The molecular formula is C23H22FNO5. The summed E-state index contributed by atoms with van der Waals surface area (Å²) in [5, 5.41) is 12.8. The van der Waals surface area contributed by atoms with Crippen molar-refractivity contribution in [1.82, 2.24) is 5.32 Å². The zero-order valence-electron chi connectivity index (χ0n) is 16.9. The Balaban J connectivity index is 2.06. The fourth-order valence-corrected chi connectivity index (χ4v) is 3.56. The molecule has 1 aliphatic heterocycles. The fourth-order valence-electron chi connectivity index (χ4n) is 3.56. The van der Waals surface area contributed by atoms with Gasteiger partial charge in [0, 0.05) is 17.0 Å². The molecule has 2 N–H and O–H groups in total. The number of dihydropyridines is 1. The summed E-state index contributed by atoms with van der Waals surface area (Å²) in [6, 6.07) is 12.8. The van der Waals surface area contributed by atoms with Crippen LogP contribution in [0.5, 0.6) is 5.75 Å². The number of aliphatic carboxylic acids is 1. The summed E-state index contributed by atoms with van der Waals surface area (Å²) in [7, 11) is 1.25. The Labute approximate surface area is 173 Å². The van der Waals surface area contributed by atoms with E-state index in [1.165, 1.54) is 19.2 Å². The van der Waals surface area contributed by atoms with Crippen LogP contribution in [0.2, 0.25) is 0 Å². The number of para-hydroxylation sites is 1. The Morgan fingerprint density at radius 1 is 1.03 bits per heavy atom.